The Bertz CT molecular complexity index is 449. The Morgan fingerprint density at radius 1 is 1.32 bits per heavy atom. The standard InChI is InChI=1S/C15H22N2O2/c1-5-7-17(8-6-2)10-12-11(3)15(16-4)14(19)9-13(12)18/h18H,5-10H2,1-3H3. The fourth-order valence-corrected chi connectivity index (χ4v) is 2.39. The van der Waals surface area contributed by atoms with E-state index in [1.54, 1.807) is 6.92 Å². The van der Waals surface area contributed by atoms with Gasteiger partial charge in [0.05, 0.1) is 13.0 Å². The van der Waals surface area contributed by atoms with Gasteiger partial charge in [0.15, 0.2) is 5.78 Å². The van der Waals surface area contributed by atoms with Crippen LogP contribution in [0, 0.1) is 6.57 Å². The molecule has 0 unspecified atom stereocenters. The summed E-state index contributed by atoms with van der Waals surface area (Å²) in [6, 6.07) is 0. The summed E-state index contributed by atoms with van der Waals surface area (Å²) in [4.78, 5) is 17.2. The molecule has 1 rings (SSSR count). The molecule has 4 nitrogen and oxygen atoms in total. The lowest BCUT2D eigenvalue weighted by Crippen LogP contribution is -2.30. The normalized spacial score (nSPS) is 16.3. The third-order valence-electron chi connectivity index (χ3n) is 3.32. The van der Waals surface area contributed by atoms with Crippen LogP contribution in [0.15, 0.2) is 22.6 Å². The summed E-state index contributed by atoms with van der Waals surface area (Å²) in [6.07, 6.45) is 2.06. The molecule has 0 spiro atoms. The molecule has 1 aliphatic rings. The quantitative estimate of drug-likeness (QED) is 0.748. The molecular weight excluding hydrogens is 240 g/mol. The number of hydrogen-bond acceptors (Lipinski definition) is 3. The maximum absolute atomic E-state index is 11.6. The van der Waals surface area contributed by atoms with Crippen molar-refractivity contribution in [3.63, 3.8) is 0 Å². The number of nitrogens with zero attached hydrogens (tertiary/aromatic N) is 2. The summed E-state index contributed by atoms with van der Waals surface area (Å²) in [7, 11) is 0. The van der Waals surface area contributed by atoms with E-state index in [9.17, 15) is 9.90 Å². The zero-order valence-electron chi connectivity index (χ0n) is 12.0. The van der Waals surface area contributed by atoms with Gasteiger partial charge in [-0.05, 0) is 44.0 Å². The maximum atomic E-state index is 11.6. The number of hydrogen-bond donors (Lipinski definition) is 1. The molecular formula is C15H22N2O2. The Labute approximate surface area is 115 Å². The van der Waals surface area contributed by atoms with Crippen molar-refractivity contribution in [2.24, 2.45) is 0 Å². The fraction of sp³-hybridized carbons (Fsp3) is 0.600. The second-order valence-corrected chi connectivity index (χ2v) is 4.89. The molecule has 104 valence electrons. The summed E-state index contributed by atoms with van der Waals surface area (Å²) in [5.41, 5.74) is 1.58. The monoisotopic (exact) mass is 262 g/mol. The van der Waals surface area contributed by atoms with Gasteiger partial charge in [0.2, 0.25) is 5.70 Å². The molecule has 0 aromatic heterocycles. The predicted octanol–water partition coefficient (Wildman–Crippen LogP) is 3.09. The second kappa shape index (κ2) is 7.10. The van der Waals surface area contributed by atoms with Crippen LogP contribution in [0.5, 0.6) is 0 Å². The number of carbonyl (C=O) groups excluding carboxylic acids is 1. The smallest absolute Gasteiger partial charge is 0.232 e. The van der Waals surface area contributed by atoms with Crippen molar-refractivity contribution in [1.82, 2.24) is 4.90 Å². The first-order valence-electron chi connectivity index (χ1n) is 6.80. The minimum Gasteiger partial charge on any atom is -0.512 e. The molecule has 1 N–H and O–H groups in total. The molecule has 0 atom stereocenters. The van der Waals surface area contributed by atoms with Gasteiger partial charge in [-0.1, -0.05) is 13.8 Å². The van der Waals surface area contributed by atoms with Crippen LogP contribution >= 0.6 is 0 Å². The number of aliphatic hydroxyl groups is 1. The summed E-state index contributed by atoms with van der Waals surface area (Å²) in [6.45, 7) is 15.6. The molecule has 0 aromatic rings. The number of carbonyl (C=O) groups is 1. The van der Waals surface area contributed by atoms with Crippen molar-refractivity contribution < 1.29 is 9.90 Å². The van der Waals surface area contributed by atoms with Crippen molar-refractivity contribution in [3.8, 4) is 0 Å². The predicted molar refractivity (Wildman–Crippen MR) is 75.6 cm³/mol. The van der Waals surface area contributed by atoms with Crippen LogP contribution < -0.4 is 0 Å². The van der Waals surface area contributed by atoms with Crippen molar-refractivity contribution in [2.45, 2.75) is 40.0 Å². The number of ketones is 1. The third-order valence-corrected chi connectivity index (χ3v) is 3.32. The summed E-state index contributed by atoms with van der Waals surface area (Å²) in [5, 5.41) is 10.0. The van der Waals surface area contributed by atoms with Crippen LogP contribution in [0.1, 0.15) is 40.0 Å². The number of aliphatic hydroxyl groups excluding tert-OH is 1. The zero-order valence-corrected chi connectivity index (χ0v) is 12.0. The lowest BCUT2D eigenvalue weighted by Gasteiger charge is -2.26. The highest BCUT2D eigenvalue weighted by Gasteiger charge is 2.26. The minimum atomic E-state index is -0.272. The van der Waals surface area contributed by atoms with Gasteiger partial charge in [0, 0.05) is 6.54 Å². The van der Waals surface area contributed by atoms with Gasteiger partial charge in [-0.3, -0.25) is 4.90 Å². The first kappa shape index (κ1) is 15.5. The van der Waals surface area contributed by atoms with E-state index in [-0.39, 0.29) is 23.7 Å². The highest BCUT2D eigenvalue weighted by atomic mass is 16.3. The topological polar surface area (TPSA) is 44.9 Å². The molecule has 0 fully saturated rings. The zero-order chi connectivity index (χ0) is 14.4. The first-order valence-corrected chi connectivity index (χ1v) is 6.80. The Morgan fingerprint density at radius 2 is 1.89 bits per heavy atom. The highest BCUT2D eigenvalue weighted by Crippen LogP contribution is 2.28. The van der Waals surface area contributed by atoms with Crippen LogP contribution in [-0.2, 0) is 4.79 Å². The van der Waals surface area contributed by atoms with Gasteiger partial charge in [0.1, 0.15) is 5.76 Å². The Kier molecular flexibility index (Phi) is 5.78. The molecule has 0 aliphatic heterocycles. The Hall–Kier alpha value is -1.60. The van der Waals surface area contributed by atoms with E-state index in [0.717, 1.165) is 31.5 Å². The van der Waals surface area contributed by atoms with E-state index < -0.39 is 0 Å². The Balaban J connectivity index is 2.98. The van der Waals surface area contributed by atoms with E-state index in [4.69, 9.17) is 6.57 Å². The van der Waals surface area contributed by atoms with Crippen molar-refractivity contribution in [2.75, 3.05) is 19.6 Å². The van der Waals surface area contributed by atoms with Gasteiger partial charge in [0.25, 0.3) is 0 Å². The van der Waals surface area contributed by atoms with Gasteiger partial charge in [-0.25, -0.2) is 4.85 Å². The summed E-state index contributed by atoms with van der Waals surface area (Å²) >= 11 is 0. The van der Waals surface area contributed by atoms with Gasteiger partial charge in [-0.15, -0.1) is 0 Å². The number of rotatable bonds is 6. The minimum absolute atomic E-state index is 0.0313. The van der Waals surface area contributed by atoms with E-state index >= 15 is 0 Å². The van der Waals surface area contributed by atoms with Crippen LogP contribution in [0.2, 0.25) is 0 Å². The van der Waals surface area contributed by atoms with Gasteiger partial charge in [-0.2, -0.15) is 0 Å². The molecule has 0 amide bonds. The number of Topliss-reactive ketones (excluding diaryl/α,β-unsaturated/α-hetero) is 1. The third kappa shape index (κ3) is 3.68. The van der Waals surface area contributed by atoms with E-state index in [1.807, 2.05) is 0 Å². The number of allylic oxidation sites excluding steroid dienone is 2. The lowest BCUT2D eigenvalue weighted by atomic mass is 9.93. The average molecular weight is 262 g/mol. The molecule has 0 saturated carbocycles. The van der Waals surface area contributed by atoms with Crippen LogP contribution in [0.4, 0.5) is 0 Å². The molecule has 0 saturated heterocycles. The van der Waals surface area contributed by atoms with Crippen molar-refractivity contribution in [3.05, 3.63) is 34.0 Å². The highest BCUT2D eigenvalue weighted by molar-refractivity contribution is 6.01. The SMILES string of the molecule is [C-]#[N+]C1=C(C)C(CN(CCC)CCC)=C(O)CC1=O. The fourth-order valence-electron chi connectivity index (χ4n) is 2.39. The van der Waals surface area contributed by atoms with Crippen molar-refractivity contribution in [1.29, 1.82) is 0 Å². The van der Waals surface area contributed by atoms with Crippen LogP contribution in [0.3, 0.4) is 0 Å². The van der Waals surface area contributed by atoms with E-state index in [0.29, 0.717) is 12.1 Å². The maximum Gasteiger partial charge on any atom is 0.232 e. The summed E-state index contributed by atoms with van der Waals surface area (Å²) in [5.74, 6) is -0.140. The van der Waals surface area contributed by atoms with E-state index in [2.05, 4.69) is 23.6 Å². The molecule has 0 heterocycles. The molecule has 19 heavy (non-hydrogen) atoms. The van der Waals surface area contributed by atoms with Crippen LogP contribution in [0.25, 0.3) is 4.85 Å². The second-order valence-electron chi connectivity index (χ2n) is 4.89. The van der Waals surface area contributed by atoms with Crippen LogP contribution in [-0.4, -0.2) is 35.4 Å². The van der Waals surface area contributed by atoms with E-state index in [1.165, 1.54) is 0 Å². The molecule has 4 heteroatoms. The van der Waals surface area contributed by atoms with Gasteiger partial charge >= 0.3 is 0 Å². The molecule has 1 aliphatic carbocycles. The first-order chi connectivity index (χ1) is 9.04. The largest absolute Gasteiger partial charge is 0.512 e. The lowest BCUT2D eigenvalue weighted by molar-refractivity contribution is -0.115. The van der Waals surface area contributed by atoms with Crippen molar-refractivity contribution >= 4 is 5.78 Å². The molecule has 0 radical (unpaired) electrons. The van der Waals surface area contributed by atoms with Gasteiger partial charge < -0.3 is 9.90 Å². The summed E-state index contributed by atoms with van der Waals surface area (Å²) < 4.78 is 0. The molecule has 0 aromatic carbocycles. The average Bonchev–Trinajstić information content (AvgIpc) is 2.35. The molecule has 0 bridgehead atoms. The Morgan fingerprint density at radius 3 is 2.37 bits per heavy atom.